The van der Waals surface area contributed by atoms with Gasteiger partial charge in [0.05, 0.1) is 5.52 Å². The van der Waals surface area contributed by atoms with Gasteiger partial charge in [-0.25, -0.2) is 9.97 Å². The van der Waals surface area contributed by atoms with E-state index in [0.717, 1.165) is 15.4 Å². The summed E-state index contributed by atoms with van der Waals surface area (Å²) in [4.78, 5) is 8.79. The zero-order chi connectivity index (χ0) is 13.1. The molecule has 0 aliphatic rings. The molecule has 4 heteroatoms. The Hall–Kier alpha value is -1.94. The first-order valence-electron chi connectivity index (χ1n) is 6.01. The van der Waals surface area contributed by atoms with Crippen LogP contribution in [-0.2, 0) is 6.54 Å². The molecule has 94 valence electrons. The monoisotopic (exact) mass is 313 g/mol. The average Bonchev–Trinajstić information content (AvgIpc) is 2.45. The highest BCUT2D eigenvalue weighted by Crippen LogP contribution is 2.14. The van der Waals surface area contributed by atoms with Gasteiger partial charge in [-0.15, -0.1) is 0 Å². The quantitative estimate of drug-likeness (QED) is 0.794. The van der Waals surface area contributed by atoms with Gasteiger partial charge in [-0.3, -0.25) is 0 Å². The molecule has 0 aliphatic heterocycles. The van der Waals surface area contributed by atoms with Crippen molar-refractivity contribution < 1.29 is 0 Å². The summed E-state index contributed by atoms with van der Waals surface area (Å²) < 4.78 is 1.08. The molecule has 1 N–H and O–H groups in total. The van der Waals surface area contributed by atoms with E-state index in [1.54, 1.807) is 0 Å². The van der Waals surface area contributed by atoms with E-state index in [1.807, 2.05) is 42.6 Å². The zero-order valence-corrected chi connectivity index (χ0v) is 11.8. The highest BCUT2D eigenvalue weighted by atomic mass is 79.9. The smallest absolute Gasteiger partial charge is 0.223 e. The molecule has 0 unspecified atom stereocenters. The van der Waals surface area contributed by atoms with Crippen LogP contribution in [0.25, 0.3) is 10.9 Å². The normalized spacial score (nSPS) is 10.6. The number of nitrogens with zero attached hydrogens (tertiary/aromatic N) is 2. The maximum absolute atomic E-state index is 4.48. The third-order valence-electron chi connectivity index (χ3n) is 2.83. The van der Waals surface area contributed by atoms with E-state index in [0.29, 0.717) is 12.5 Å². The molecule has 19 heavy (non-hydrogen) atoms. The number of para-hydroxylation sites is 1. The molecule has 0 radical (unpaired) electrons. The highest BCUT2D eigenvalue weighted by Gasteiger charge is 1.99. The van der Waals surface area contributed by atoms with Crippen molar-refractivity contribution in [1.82, 2.24) is 9.97 Å². The van der Waals surface area contributed by atoms with Crippen molar-refractivity contribution in [2.45, 2.75) is 6.54 Å². The second kappa shape index (κ2) is 5.36. The van der Waals surface area contributed by atoms with Crippen LogP contribution in [0.5, 0.6) is 0 Å². The van der Waals surface area contributed by atoms with Crippen LogP contribution in [0.2, 0.25) is 0 Å². The SMILES string of the molecule is Brc1cccc(CNc2ncc3ccccc3n2)c1. The van der Waals surface area contributed by atoms with Crippen LogP contribution in [0.3, 0.4) is 0 Å². The number of rotatable bonds is 3. The van der Waals surface area contributed by atoms with Gasteiger partial charge in [0, 0.05) is 22.6 Å². The fraction of sp³-hybridized carbons (Fsp3) is 0.0667. The Kier molecular flexibility index (Phi) is 3.42. The summed E-state index contributed by atoms with van der Waals surface area (Å²) in [5, 5.41) is 4.29. The molecule has 0 amide bonds. The lowest BCUT2D eigenvalue weighted by Crippen LogP contribution is -2.03. The van der Waals surface area contributed by atoms with Gasteiger partial charge in [0.2, 0.25) is 5.95 Å². The van der Waals surface area contributed by atoms with E-state index >= 15 is 0 Å². The van der Waals surface area contributed by atoms with Crippen LogP contribution < -0.4 is 5.32 Å². The van der Waals surface area contributed by atoms with E-state index in [1.165, 1.54) is 5.56 Å². The maximum atomic E-state index is 4.48. The van der Waals surface area contributed by atoms with Crippen LogP contribution >= 0.6 is 15.9 Å². The van der Waals surface area contributed by atoms with Gasteiger partial charge < -0.3 is 5.32 Å². The average molecular weight is 314 g/mol. The molecule has 0 bridgehead atoms. The summed E-state index contributed by atoms with van der Waals surface area (Å²) in [5.41, 5.74) is 2.14. The highest BCUT2D eigenvalue weighted by molar-refractivity contribution is 9.10. The minimum absolute atomic E-state index is 0.652. The summed E-state index contributed by atoms with van der Waals surface area (Å²) in [7, 11) is 0. The fourth-order valence-corrected chi connectivity index (χ4v) is 2.33. The lowest BCUT2D eigenvalue weighted by Gasteiger charge is -2.06. The standard InChI is InChI=1S/C15H12BrN3/c16-13-6-3-4-11(8-13)9-17-15-18-10-12-5-1-2-7-14(12)19-15/h1-8,10H,9H2,(H,17,18,19). The maximum Gasteiger partial charge on any atom is 0.223 e. The number of halogens is 1. The van der Waals surface area contributed by atoms with Crippen molar-refractivity contribution in [2.75, 3.05) is 5.32 Å². The third-order valence-corrected chi connectivity index (χ3v) is 3.32. The molecule has 1 heterocycles. The number of fused-ring (bicyclic) bond motifs is 1. The molecule has 0 aliphatic carbocycles. The van der Waals surface area contributed by atoms with Crippen LogP contribution in [0, 0.1) is 0 Å². The summed E-state index contributed by atoms with van der Waals surface area (Å²) >= 11 is 3.46. The molecule has 0 atom stereocenters. The topological polar surface area (TPSA) is 37.8 Å². The Labute approximate surface area is 119 Å². The Balaban J connectivity index is 1.78. The number of hydrogen-bond acceptors (Lipinski definition) is 3. The number of anilines is 1. The second-order valence-electron chi connectivity index (χ2n) is 4.24. The van der Waals surface area contributed by atoms with Gasteiger partial charge in [-0.2, -0.15) is 0 Å². The molecule has 3 aromatic rings. The molecule has 0 saturated heterocycles. The van der Waals surface area contributed by atoms with E-state index in [-0.39, 0.29) is 0 Å². The Morgan fingerprint density at radius 1 is 1.05 bits per heavy atom. The molecule has 0 fully saturated rings. The van der Waals surface area contributed by atoms with Crippen molar-refractivity contribution in [1.29, 1.82) is 0 Å². The summed E-state index contributed by atoms with van der Waals surface area (Å²) in [5.74, 6) is 0.652. The summed E-state index contributed by atoms with van der Waals surface area (Å²) in [6, 6.07) is 16.1. The predicted octanol–water partition coefficient (Wildman–Crippen LogP) is 4.00. The first-order chi connectivity index (χ1) is 9.31. The van der Waals surface area contributed by atoms with Crippen molar-refractivity contribution in [3.05, 3.63) is 64.8 Å². The van der Waals surface area contributed by atoms with Gasteiger partial charge in [-0.1, -0.05) is 46.3 Å². The summed E-state index contributed by atoms with van der Waals surface area (Å²) in [6.45, 7) is 0.706. The minimum Gasteiger partial charge on any atom is -0.350 e. The molecular weight excluding hydrogens is 302 g/mol. The largest absolute Gasteiger partial charge is 0.350 e. The van der Waals surface area contributed by atoms with Crippen LogP contribution in [0.4, 0.5) is 5.95 Å². The Morgan fingerprint density at radius 2 is 1.95 bits per heavy atom. The van der Waals surface area contributed by atoms with E-state index < -0.39 is 0 Å². The van der Waals surface area contributed by atoms with Crippen molar-refractivity contribution in [2.24, 2.45) is 0 Å². The van der Waals surface area contributed by atoms with Gasteiger partial charge in [0.15, 0.2) is 0 Å². The van der Waals surface area contributed by atoms with Crippen molar-refractivity contribution >= 4 is 32.8 Å². The molecular formula is C15H12BrN3. The number of nitrogens with one attached hydrogen (secondary N) is 1. The molecule has 1 aromatic heterocycles. The molecule has 3 nitrogen and oxygen atoms in total. The Morgan fingerprint density at radius 3 is 2.84 bits per heavy atom. The van der Waals surface area contributed by atoms with Gasteiger partial charge >= 0.3 is 0 Å². The lowest BCUT2D eigenvalue weighted by molar-refractivity contribution is 1.07. The van der Waals surface area contributed by atoms with Crippen LogP contribution in [0.15, 0.2) is 59.2 Å². The molecule has 0 saturated carbocycles. The number of aromatic nitrogens is 2. The lowest BCUT2D eigenvalue weighted by atomic mass is 10.2. The molecule has 2 aromatic carbocycles. The first-order valence-corrected chi connectivity index (χ1v) is 6.81. The summed E-state index contributed by atoms with van der Waals surface area (Å²) in [6.07, 6.45) is 1.84. The van der Waals surface area contributed by atoms with Crippen LogP contribution in [0.1, 0.15) is 5.56 Å². The van der Waals surface area contributed by atoms with Crippen LogP contribution in [-0.4, -0.2) is 9.97 Å². The van der Waals surface area contributed by atoms with Crippen molar-refractivity contribution in [3.8, 4) is 0 Å². The molecule has 3 rings (SSSR count). The van der Waals surface area contributed by atoms with E-state index in [9.17, 15) is 0 Å². The zero-order valence-electron chi connectivity index (χ0n) is 10.2. The number of hydrogen-bond donors (Lipinski definition) is 1. The first kappa shape index (κ1) is 12.1. The molecule has 0 spiro atoms. The van der Waals surface area contributed by atoms with Gasteiger partial charge in [0.25, 0.3) is 0 Å². The fourth-order valence-electron chi connectivity index (χ4n) is 1.89. The van der Waals surface area contributed by atoms with E-state index in [4.69, 9.17) is 0 Å². The second-order valence-corrected chi connectivity index (χ2v) is 5.15. The van der Waals surface area contributed by atoms with Gasteiger partial charge in [0.1, 0.15) is 0 Å². The van der Waals surface area contributed by atoms with E-state index in [2.05, 4.69) is 43.3 Å². The Bertz CT molecular complexity index is 712. The van der Waals surface area contributed by atoms with Crippen molar-refractivity contribution in [3.63, 3.8) is 0 Å². The number of benzene rings is 2. The third kappa shape index (κ3) is 2.90. The predicted molar refractivity (Wildman–Crippen MR) is 81.0 cm³/mol. The minimum atomic E-state index is 0.652. The van der Waals surface area contributed by atoms with Gasteiger partial charge in [-0.05, 0) is 23.8 Å².